The smallest absolute Gasteiger partial charge is 0.0824 e. The molecule has 0 saturated carbocycles. The molecule has 0 aliphatic heterocycles. The highest BCUT2D eigenvalue weighted by atomic mass is 127. The highest BCUT2D eigenvalue weighted by molar-refractivity contribution is 14.1. The molecule has 1 nitrogen and oxygen atoms in total. The molecule has 2 aromatic rings. The summed E-state index contributed by atoms with van der Waals surface area (Å²) in [6.07, 6.45) is 2.81. The molecule has 0 bridgehead atoms. The van der Waals surface area contributed by atoms with Crippen molar-refractivity contribution in [1.82, 2.24) is 0 Å². The van der Waals surface area contributed by atoms with Crippen LogP contribution in [0, 0.1) is 9.49 Å². The number of rotatable bonds is 2. The first-order chi connectivity index (χ1) is 9.24. The molecular formula is C17H17IO. The zero-order valence-electron chi connectivity index (χ0n) is 10.7. The van der Waals surface area contributed by atoms with E-state index in [0.29, 0.717) is 5.92 Å². The van der Waals surface area contributed by atoms with Crippen LogP contribution >= 0.6 is 22.6 Å². The second kappa shape index (κ2) is 5.63. The predicted molar refractivity (Wildman–Crippen MR) is 86.1 cm³/mol. The number of hydrogen-bond donors (Lipinski definition) is 1. The van der Waals surface area contributed by atoms with Crippen molar-refractivity contribution in [2.45, 2.75) is 25.4 Å². The van der Waals surface area contributed by atoms with Crippen molar-refractivity contribution in [2.24, 2.45) is 5.92 Å². The highest BCUT2D eigenvalue weighted by Crippen LogP contribution is 2.36. The minimum absolute atomic E-state index is 0.316. The minimum Gasteiger partial charge on any atom is -0.388 e. The molecule has 1 aliphatic carbocycles. The van der Waals surface area contributed by atoms with Crippen molar-refractivity contribution >= 4 is 22.6 Å². The van der Waals surface area contributed by atoms with E-state index in [1.807, 2.05) is 6.07 Å². The molecule has 0 fully saturated rings. The third kappa shape index (κ3) is 2.84. The van der Waals surface area contributed by atoms with Crippen LogP contribution in [0.15, 0.2) is 48.5 Å². The van der Waals surface area contributed by atoms with E-state index in [1.54, 1.807) is 0 Å². The van der Waals surface area contributed by atoms with Gasteiger partial charge in [-0.15, -0.1) is 0 Å². The van der Waals surface area contributed by atoms with E-state index >= 15 is 0 Å². The number of aliphatic hydroxyl groups is 1. The van der Waals surface area contributed by atoms with Gasteiger partial charge in [0, 0.05) is 3.57 Å². The van der Waals surface area contributed by atoms with Gasteiger partial charge in [0.25, 0.3) is 0 Å². The summed E-state index contributed by atoms with van der Waals surface area (Å²) in [6, 6.07) is 16.9. The normalized spacial score (nSPS) is 22.0. The molecule has 0 heterocycles. The summed E-state index contributed by atoms with van der Waals surface area (Å²) in [5, 5.41) is 10.5. The van der Waals surface area contributed by atoms with Gasteiger partial charge in [-0.1, -0.05) is 36.4 Å². The summed E-state index contributed by atoms with van der Waals surface area (Å²) < 4.78 is 1.26. The third-order valence-corrected chi connectivity index (χ3v) is 4.74. The Morgan fingerprint density at radius 3 is 2.58 bits per heavy atom. The van der Waals surface area contributed by atoms with Crippen LogP contribution in [0.25, 0.3) is 0 Å². The average Bonchev–Trinajstić information content (AvgIpc) is 2.45. The lowest BCUT2D eigenvalue weighted by Crippen LogP contribution is -2.22. The zero-order valence-corrected chi connectivity index (χ0v) is 12.9. The Kier molecular flexibility index (Phi) is 3.89. The molecule has 0 aromatic heterocycles. The van der Waals surface area contributed by atoms with Gasteiger partial charge in [0.1, 0.15) is 0 Å². The van der Waals surface area contributed by atoms with E-state index in [9.17, 15) is 5.11 Å². The van der Waals surface area contributed by atoms with Crippen molar-refractivity contribution in [1.29, 1.82) is 0 Å². The molecule has 3 rings (SSSR count). The molecule has 2 heteroatoms. The molecule has 98 valence electrons. The Morgan fingerprint density at radius 2 is 1.79 bits per heavy atom. The fraction of sp³-hybridized carbons (Fsp3) is 0.294. The van der Waals surface area contributed by atoms with Crippen LogP contribution in [-0.2, 0) is 12.8 Å². The van der Waals surface area contributed by atoms with Gasteiger partial charge in [0.05, 0.1) is 6.10 Å². The lowest BCUT2D eigenvalue weighted by Gasteiger charge is -2.30. The second-order valence-electron chi connectivity index (χ2n) is 5.27. The van der Waals surface area contributed by atoms with Crippen LogP contribution < -0.4 is 0 Å². The van der Waals surface area contributed by atoms with Crippen LogP contribution in [0.3, 0.4) is 0 Å². The Morgan fingerprint density at radius 1 is 1.05 bits per heavy atom. The Labute approximate surface area is 127 Å². The molecular weight excluding hydrogens is 347 g/mol. The topological polar surface area (TPSA) is 20.2 Å². The predicted octanol–water partition coefficient (Wildman–Crippen LogP) is 4.13. The van der Waals surface area contributed by atoms with Crippen LogP contribution in [0.5, 0.6) is 0 Å². The maximum Gasteiger partial charge on any atom is 0.0824 e. The average molecular weight is 364 g/mol. The van der Waals surface area contributed by atoms with E-state index < -0.39 is 0 Å². The van der Waals surface area contributed by atoms with E-state index in [-0.39, 0.29) is 6.10 Å². The molecule has 2 aromatic carbocycles. The molecule has 1 aliphatic rings. The fourth-order valence-corrected chi connectivity index (χ4v) is 3.30. The maximum absolute atomic E-state index is 10.5. The lowest BCUT2D eigenvalue weighted by atomic mass is 9.78. The molecule has 19 heavy (non-hydrogen) atoms. The number of benzene rings is 2. The number of hydrogen-bond acceptors (Lipinski definition) is 1. The number of fused-ring (bicyclic) bond motifs is 1. The first-order valence-corrected chi connectivity index (χ1v) is 7.82. The standard InChI is InChI=1S/C17H17IO/c18-15-9-5-12(6-10-15)11-14-8-7-13-3-1-2-4-16(13)17(14)19/h1-6,9-10,14,17,19H,7-8,11H2. The fourth-order valence-electron chi connectivity index (χ4n) is 2.94. The number of aryl methyl sites for hydroxylation is 1. The van der Waals surface area contributed by atoms with Gasteiger partial charge in [-0.3, -0.25) is 0 Å². The van der Waals surface area contributed by atoms with Crippen LogP contribution in [0.1, 0.15) is 29.2 Å². The Bertz CT molecular complexity index is 562. The van der Waals surface area contributed by atoms with Crippen molar-refractivity contribution in [3.8, 4) is 0 Å². The highest BCUT2D eigenvalue weighted by Gasteiger charge is 2.27. The summed E-state index contributed by atoms with van der Waals surface area (Å²) in [6.45, 7) is 0. The zero-order chi connectivity index (χ0) is 13.2. The second-order valence-corrected chi connectivity index (χ2v) is 6.52. The SMILES string of the molecule is OC1c2ccccc2CCC1Cc1ccc(I)cc1. The first-order valence-electron chi connectivity index (χ1n) is 6.74. The van der Waals surface area contributed by atoms with Gasteiger partial charge in [0.2, 0.25) is 0 Å². The van der Waals surface area contributed by atoms with E-state index in [4.69, 9.17) is 0 Å². The van der Waals surface area contributed by atoms with Gasteiger partial charge in [0.15, 0.2) is 0 Å². The maximum atomic E-state index is 10.5. The van der Waals surface area contributed by atoms with Crippen LogP contribution in [0.2, 0.25) is 0 Å². The lowest BCUT2D eigenvalue weighted by molar-refractivity contribution is 0.0936. The summed E-state index contributed by atoms with van der Waals surface area (Å²) in [7, 11) is 0. The van der Waals surface area contributed by atoms with Gasteiger partial charge < -0.3 is 5.11 Å². The molecule has 2 atom stereocenters. The van der Waals surface area contributed by atoms with Gasteiger partial charge in [-0.25, -0.2) is 0 Å². The first kappa shape index (κ1) is 13.1. The minimum atomic E-state index is -0.316. The van der Waals surface area contributed by atoms with E-state index in [0.717, 1.165) is 24.8 Å². The molecule has 2 unspecified atom stereocenters. The van der Waals surface area contributed by atoms with Gasteiger partial charge >= 0.3 is 0 Å². The summed E-state index contributed by atoms with van der Waals surface area (Å²) in [5.41, 5.74) is 3.77. The molecule has 0 amide bonds. The molecule has 0 radical (unpaired) electrons. The van der Waals surface area contributed by atoms with Crippen molar-refractivity contribution in [2.75, 3.05) is 0 Å². The monoisotopic (exact) mass is 364 g/mol. The third-order valence-electron chi connectivity index (χ3n) is 4.02. The Hall–Kier alpha value is -0.870. The molecule has 1 N–H and O–H groups in total. The largest absolute Gasteiger partial charge is 0.388 e. The number of aliphatic hydroxyl groups excluding tert-OH is 1. The van der Waals surface area contributed by atoms with E-state index in [1.165, 1.54) is 14.7 Å². The molecule has 0 spiro atoms. The number of halogens is 1. The van der Waals surface area contributed by atoms with Crippen molar-refractivity contribution < 1.29 is 5.11 Å². The van der Waals surface area contributed by atoms with Gasteiger partial charge in [-0.05, 0) is 76.6 Å². The summed E-state index contributed by atoms with van der Waals surface area (Å²) in [5.74, 6) is 0.343. The van der Waals surface area contributed by atoms with Crippen LogP contribution in [-0.4, -0.2) is 5.11 Å². The van der Waals surface area contributed by atoms with Gasteiger partial charge in [-0.2, -0.15) is 0 Å². The van der Waals surface area contributed by atoms with Crippen LogP contribution in [0.4, 0.5) is 0 Å². The summed E-state index contributed by atoms with van der Waals surface area (Å²) in [4.78, 5) is 0. The van der Waals surface area contributed by atoms with E-state index in [2.05, 4.69) is 65.1 Å². The quantitative estimate of drug-likeness (QED) is 0.795. The van der Waals surface area contributed by atoms with Crippen molar-refractivity contribution in [3.05, 3.63) is 68.8 Å². The summed E-state index contributed by atoms with van der Waals surface area (Å²) >= 11 is 2.32. The molecule has 0 saturated heterocycles. The van der Waals surface area contributed by atoms with Crippen molar-refractivity contribution in [3.63, 3.8) is 0 Å². The Balaban J connectivity index is 1.79.